The SMILES string of the molecule is Cc1cccc(NC(=O)C(=O)N/N=C/c2cc(Cl)c(O)c(Cl)c2)c1C. The number of nitrogens with one attached hydrogen (secondary N) is 2. The van der Waals surface area contributed by atoms with Crippen LogP contribution in [0.3, 0.4) is 0 Å². The minimum Gasteiger partial charge on any atom is -0.505 e. The molecule has 2 aromatic rings. The van der Waals surface area contributed by atoms with Crippen LogP contribution >= 0.6 is 23.2 Å². The first-order valence-corrected chi connectivity index (χ1v) is 7.93. The number of rotatable bonds is 3. The third kappa shape index (κ3) is 4.71. The fourth-order valence-corrected chi connectivity index (χ4v) is 2.45. The van der Waals surface area contributed by atoms with Gasteiger partial charge >= 0.3 is 11.8 Å². The molecule has 0 heterocycles. The highest BCUT2D eigenvalue weighted by Gasteiger charge is 2.14. The molecule has 0 aromatic heterocycles. The Morgan fingerprint density at radius 3 is 2.40 bits per heavy atom. The summed E-state index contributed by atoms with van der Waals surface area (Å²) in [5, 5.41) is 15.8. The standard InChI is InChI=1S/C17H15Cl2N3O3/c1-9-4-3-5-14(10(9)2)21-16(24)17(25)22-20-8-11-6-12(18)15(23)13(19)7-11/h3-8,23H,1-2H3,(H,21,24)(H,22,25)/b20-8+. The lowest BCUT2D eigenvalue weighted by molar-refractivity contribution is -0.136. The Morgan fingerprint density at radius 2 is 1.76 bits per heavy atom. The number of carbonyl (C=O) groups excluding carboxylic acids is 2. The molecule has 0 saturated heterocycles. The average molecular weight is 380 g/mol. The summed E-state index contributed by atoms with van der Waals surface area (Å²) in [6, 6.07) is 8.22. The molecule has 8 heteroatoms. The first-order chi connectivity index (χ1) is 11.8. The molecule has 25 heavy (non-hydrogen) atoms. The van der Waals surface area contributed by atoms with Crippen LogP contribution in [0.2, 0.25) is 10.0 Å². The van der Waals surface area contributed by atoms with Crippen LogP contribution < -0.4 is 10.7 Å². The number of benzene rings is 2. The Bertz CT molecular complexity index is 843. The van der Waals surface area contributed by atoms with E-state index in [-0.39, 0.29) is 15.8 Å². The maximum atomic E-state index is 11.9. The second-order valence-electron chi connectivity index (χ2n) is 5.23. The molecular weight excluding hydrogens is 365 g/mol. The third-order valence-electron chi connectivity index (χ3n) is 3.48. The smallest absolute Gasteiger partial charge is 0.329 e. The number of carbonyl (C=O) groups is 2. The summed E-state index contributed by atoms with van der Waals surface area (Å²) in [5.41, 5.74) is 4.99. The van der Waals surface area contributed by atoms with Gasteiger partial charge in [0.2, 0.25) is 0 Å². The molecule has 0 aliphatic rings. The van der Waals surface area contributed by atoms with Gasteiger partial charge in [0.15, 0.2) is 5.75 Å². The Hall–Kier alpha value is -2.57. The predicted octanol–water partition coefficient (Wildman–Crippen LogP) is 3.40. The van der Waals surface area contributed by atoms with Crippen LogP contribution in [0.4, 0.5) is 5.69 Å². The number of anilines is 1. The Balaban J connectivity index is 2.00. The molecule has 2 rings (SSSR count). The van der Waals surface area contributed by atoms with E-state index >= 15 is 0 Å². The zero-order valence-electron chi connectivity index (χ0n) is 13.4. The van der Waals surface area contributed by atoms with Crippen LogP contribution in [0, 0.1) is 13.8 Å². The van der Waals surface area contributed by atoms with Crippen LogP contribution in [0.1, 0.15) is 16.7 Å². The minimum absolute atomic E-state index is 0.0490. The van der Waals surface area contributed by atoms with Gasteiger partial charge in [-0.1, -0.05) is 35.3 Å². The number of aryl methyl sites for hydroxylation is 1. The average Bonchev–Trinajstić information content (AvgIpc) is 2.56. The highest BCUT2D eigenvalue weighted by Crippen LogP contribution is 2.32. The zero-order valence-corrected chi connectivity index (χ0v) is 14.9. The number of hydrogen-bond donors (Lipinski definition) is 3. The number of amides is 2. The topological polar surface area (TPSA) is 90.8 Å². The molecule has 0 aliphatic carbocycles. The van der Waals surface area contributed by atoms with Crippen molar-refractivity contribution in [2.45, 2.75) is 13.8 Å². The van der Waals surface area contributed by atoms with Crippen molar-refractivity contribution in [2.75, 3.05) is 5.32 Å². The zero-order chi connectivity index (χ0) is 18.6. The van der Waals surface area contributed by atoms with Gasteiger partial charge in [0, 0.05) is 5.69 Å². The van der Waals surface area contributed by atoms with Gasteiger partial charge in [-0.05, 0) is 48.7 Å². The van der Waals surface area contributed by atoms with Crippen molar-refractivity contribution in [2.24, 2.45) is 5.10 Å². The highest BCUT2D eigenvalue weighted by atomic mass is 35.5. The number of halogens is 2. The van der Waals surface area contributed by atoms with Gasteiger partial charge in [0.1, 0.15) is 0 Å². The van der Waals surface area contributed by atoms with Crippen molar-refractivity contribution in [1.29, 1.82) is 0 Å². The highest BCUT2D eigenvalue weighted by molar-refractivity contribution is 6.39. The van der Waals surface area contributed by atoms with Gasteiger partial charge in [-0.2, -0.15) is 5.10 Å². The van der Waals surface area contributed by atoms with Crippen LogP contribution in [0.5, 0.6) is 5.75 Å². The molecule has 130 valence electrons. The van der Waals surface area contributed by atoms with Crippen molar-refractivity contribution < 1.29 is 14.7 Å². The number of phenolic OH excluding ortho intramolecular Hbond substituents is 1. The van der Waals surface area contributed by atoms with E-state index in [9.17, 15) is 14.7 Å². The molecule has 0 atom stereocenters. The van der Waals surface area contributed by atoms with Crippen LogP contribution in [0.15, 0.2) is 35.4 Å². The molecule has 0 radical (unpaired) electrons. The summed E-state index contributed by atoms with van der Waals surface area (Å²) in [5.74, 6) is -2.00. The lowest BCUT2D eigenvalue weighted by Crippen LogP contribution is -2.32. The van der Waals surface area contributed by atoms with E-state index in [4.69, 9.17) is 23.2 Å². The van der Waals surface area contributed by atoms with E-state index in [2.05, 4.69) is 15.8 Å². The first-order valence-electron chi connectivity index (χ1n) is 7.18. The Morgan fingerprint density at radius 1 is 1.12 bits per heavy atom. The van der Waals surface area contributed by atoms with E-state index < -0.39 is 11.8 Å². The molecule has 6 nitrogen and oxygen atoms in total. The minimum atomic E-state index is -0.923. The molecule has 0 spiro atoms. The van der Waals surface area contributed by atoms with Gasteiger partial charge in [0.05, 0.1) is 16.3 Å². The normalized spacial score (nSPS) is 10.7. The maximum Gasteiger partial charge on any atom is 0.329 e. The molecular formula is C17H15Cl2N3O3. The summed E-state index contributed by atoms with van der Waals surface area (Å²) in [6.45, 7) is 3.75. The van der Waals surface area contributed by atoms with Crippen molar-refractivity contribution in [3.63, 3.8) is 0 Å². The van der Waals surface area contributed by atoms with E-state index in [1.165, 1.54) is 18.3 Å². The quantitative estimate of drug-likeness (QED) is 0.433. The number of aromatic hydroxyl groups is 1. The van der Waals surface area contributed by atoms with Crippen LogP contribution in [-0.4, -0.2) is 23.1 Å². The molecule has 0 saturated carbocycles. The van der Waals surface area contributed by atoms with Crippen LogP contribution in [0.25, 0.3) is 0 Å². The number of hydrogen-bond acceptors (Lipinski definition) is 4. The second kappa shape index (κ2) is 8.00. The summed E-state index contributed by atoms with van der Waals surface area (Å²) in [4.78, 5) is 23.7. The van der Waals surface area contributed by atoms with Crippen LogP contribution in [-0.2, 0) is 9.59 Å². The largest absolute Gasteiger partial charge is 0.505 e. The van der Waals surface area contributed by atoms with E-state index in [1.807, 2.05) is 19.9 Å². The molecule has 0 bridgehead atoms. The van der Waals surface area contributed by atoms with Gasteiger partial charge in [-0.3, -0.25) is 9.59 Å². The Labute approximate surface area is 154 Å². The monoisotopic (exact) mass is 379 g/mol. The molecule has 2 amide bonds. The Kier molecular flexibility index (Phi) is 6.01. The van der Waals surface area contributed by atoms with E-state index in [0.717, 1.165) is 11.1 Å². The third-order valence-corrected chi connectivity index (χ3v) is 4.05. The van der Waals surface area contributed by atoms with Gasteiger partial charge in [0.25, 0.3) is 0 Å². The summed E-state index contributed by atoms with van der Waals surface area (Å²) >= 11 is 11.6. The van der Waals surface area contributed by atoms with E-state index in [0.29, 0.717) is 11.3 Å². The second-order valence-corrected chi connectivity index (χ2v) is 6.05. The fourth-order valence-electron chi connectivity index (χ4n) is 1.94. The maximum absolute atomic E-state index is 11.9. The lowest BCUT2D eigenvalue weighted by atomic mass is 10.1. The lowest BCUT2D eigenvalue weighted by Gasteiger charge is -2.09. The van der Waals surface area contributed by atoms with Gasteiger partial charge in [-0.25, -0.2) is 5.43 Å². The van der Waals surface area contributed by atoms with Gasteiger partial charge < -0.3 is 10.4 Å². The fraction of sp³-hybridized carbons (Fsp3) is 0.118. The van der Waals surface area contributed by atoms with Crippen molar-refractivity contribution in [3.8, 4) is 5.75 Å². The predicted molar refractivity (Wildman–Crippen MR) is 98.4 cm³/mol. The molecule has 0 unspecified atom stereocenters. The molecule has 2 aromatic carbocycles. The summed E-state index contributed by atoms with van der Waals surface area (Å²) in [6.07, 6.45) is 1.25. The van der Waals surface area contributed by atoms with Crippen molar-refractivity contribution in [3.05, 3.63) is 57.1 Å². The summed E-state index contributed by atoms with van der Waals surface area (Å²) < 4.78 is 0. The summed E-state index contributed by atoms with van der Waals surface area (Å²) in [7, 11) is 0. The number of nitrogens with zero attached hydrogens (tertiary/aromatic N) is 1. The van der Waals surface area contributed by atoms with Gasteiger partial charge in [-0.15, -0.1) is 0 Å². The van der Waals surface area contributed by atoms with Crippen molar-refractivity contribution in [1.82, 2.24) is 5.43 Å². The molecule has 0 aliphatic heterocycles. The molecule has 0 fully saturated rings. The number of phenols is 1. The number of hydrazone groups is 1. The van der Waals surface area contributed by atoms with E-state index in [1.54, 1.807) is 12.1 Å². The molecule has 3 N–H and O–H groups in total. The first kappa shape index (κ1) is 18.8. The van der Waals surface area contributed by atoms with Crippen molar-refractivity contribution >= 4 is 46.9 Å².